The Hall–Kier alpha value is -1.51. The van der Waals surface area contributed by atoms with E-state index < -0.39 is 14.9 Å². The molecule has 28 nitrogen and oxygen atoms in total. The van der Waals surface area contributed by atoms with Gasteiger partial charge in [0.05, 0.1) is 284 Å². The van der Waals surface area contributed by atoms with Crippen LogP contribution in [0.25, 0.3) is 0 Å². The zero-order valence-corrected chi connectivity index (χ0v) is 50.8. The Kier molecular flexibility index (Phi) is 69.6. The molecule has 0 radical (unpaired) electrons. The van der Waals surface area contributed by atoms with Crippen LogP contribution in [0.15, 0.2) is 0 Å². The normalized spacial score (nSPS) is 11.9. The maximum atomic E-state index is 11.8. The SMILES string of the molecule is COCCOCCOCCOCCOCCOCCOCCOCCOCCOCCOCCOCCOCCOCCOCCOCCOCCOCCOCCOCCOCCOCCOC(=O)NCCC[Si](OC)(OC)OC. The molecular formula is C52H107NO27Si. The minimum absolute atomic E-state index is 0.143. The predicted molar refractivity (Wildman–Crippen MR) is 295 cm³/mol. The monoisotopic (exact) mass is 1210 g/mol. The van der Waals surface area contributed by atoms with Crippen molar-refractivity contribution in [1.29, 1.82) is 0 Å². The minimum Gasteiger partial charge on any atom is -0.447 e. The van der Waals surface area contributed by atoms with E-state index in [0.717, 1.165) is 0 Å². The Morgan fingerprint density at radius 1 is 0.247 bits per heavy atom. The van der Waals surface area contributed by atoms with Crippen molar-refractivity contribution < 1.29 is 127 Å². The van der Waals surface area contributed by atoms with Crippen LogP contribution >= 0.6 is 0 Å². The Labute approximate surface area is 484 Å². The second-order valence-corrected chi connectivity index (χ2v) is 19.4. The van der Waals surface area contributed by atoms with Crippen molar-refractivity contribution in [3.63, 3.8) is 0 Å². The average Bonchev–Trinajstić information content (AvgIpc) is 3.48. The topological polar surface area (TPSA) is 269 Å². The fourth-order valence-corrected chi connectivity index (χ4v) is 7.66. The number of hydrogen-bond donors (Lipinski definition) is 1. The molecule has 0 aromatic rings. The highest BCUT2D eigenvalue weighted by Crippen LogP contribution is 2.14. The van der Waals surface area contributed by atoms with E-state index in [1.54, 1.807) is 28.4 Å². The standard InChI is InChI=1S/C52H107NO27Si/c1-55-7-8-59-9-10-60-11-12-61-13-14-62-15-16-63-17-18-64-19-20-65-21-22-66-23-24-67-25-26-68-27-28-69-29-30-70-31-32-71-33-34-72-35-36-73-37-38-74-39-40-75-41-42-76-43-44-77-45-46-78-47-48-79-49-50-80-52(54)53-6-5-51-81(56-2,57-3)58-4/h5-51H2,1-4H3,(H,53,54). The smallest absolute Gasteiger partial charge is 0.447 e. The summed E-state index contributed by atoms with van der Waals surface area (Å²) in [6, 6.07) is 0.585. The molecule has 0 heterocycles. The molecule has 0 aromatic carbocycles. The molecule has 0 rings (SSSR count). The maximum Gasteiger partial charge on any atom is 0.500 e. The van der Waals surface area contributed by atoms with Crippen LogP contribution in [-0.4, -0.2) is 341 Å². The molecule has 0 saturated heterocycles. The van der Waals surface area contributed by atoms with Crippen LogP contribution in [0.4, 0.5) is 4.79 Å². The first-order valence-corrected chi connectivity index (χ1v) is 30.2. The van der Waals surface area contributed by atoms with Crippen molar-refractivity contribution in [3.8, 4) is 0 Å². The molecule has 81 heavy (non-hydrogen) atoms. The van der Waals surface area contributed by atoms with Crippen molar-refractivity contribution in [2.45, 2.75) is 12.5 Å². The summed E-state index contributed by atoms with van der Waals surface area (Å²) in [5.74, 6) is 0. The molecule has 0 unspecified atom stereocenters. The van der Waals surface area contributed by atoms with Gasteiger partial charge >= 0.3 is 14.9 Å². The molecule has 486 valence electrons. The van der Waals surface area contributed by atoms with Crippen LogP contribution in [0.3, 0.4) is 0 Å². The summed E-state index contributed by atoms with van der Waals surface area (Å²) in [7, 11) is 3.67. The van der Waals surface area contributed by atoms with Crippen molar-refractivity contribution >= 4 is 14.9 Å². The number of hydrogen-bond acceptors (Lipinski definition) is 27. The summed E-state index contributed by atoms with van der Waals surface area (Å²) in [5, 5.41) is 2.68. The first kappa shape index (κ1) is 79.5. The van der Waals surface area contributed by atoms with Crippen molar-refractivity contribution in [1.82, 2.24) is 5.32 Å². The first-order chi connectivity index (χ1) is 40.1. The van der Waals surface area contributed by atoms with Gasteiger partial charge in [-0.05, 0) is 6.42 Å². The molecule has 0 aliphatic rings. The van der Waals surface area contributed by atoms with Gasteiger partial charge in [-0.3, -0.25) is 0 Å². The van der Waals surface area contributed by atoms with Gasteiger partial charge in [-0.15, -0.1) is 0 Å². The predicted octanol–water partition coefficient (Wildman–Crippen LogP) is 0.976. The van der Waals surface area contributed by atoms with Gasteiger partial charge in [0, 0.05) is 41.0 Å². The molecule has 0 fully saturated rings. The van der Waals surface area contributed by atoms with E-state index in [-0.39, 0.29) is 13.2 Å². The second-order valence-electron chi connectivity index (χ2n) is 16.3. The average molecular weight is 1210 g/mol. The quantitative estimate of drug-likeness (QED) is 0.0657. The highest BCUT2D eigenvalue weighted by molar-refractivity contribution is 6.60. The van der Waals surface area contributed by atoms with E-state index in [1.807, 2.05) is 0 Å². The van der Waals surface area contributed by atoms with Gasteiger partial charge in [0.1, 0.15) is 6.61 Å². The summed E-state index contributed by atoms with van der Waals surface area (Å²) in [5.41, 5.74) is 0. The van der Waals surface area contributed by atoms with Crippen LogP contribution in [-0.2, 0) is 122 Å². The fraction of sp³-hybridized carbons (Fsp3) is 0.981. The molecule has 0 aliphatic heterocycles. The summed E-state index contributed by atoms with van der Waals surface area (Å²) >= 11 is 0. The Morgan fingerprint density at radius 2 is 0.407 bits per heavy atom. The number of rotatable bonds is 73. The molecule has 29 heteroatoms. The first-order valence-electron chi connectivity index (χ1n) is 28.3. The van der Waals surface area contributed by atoms with Gasteiger partial charge < -0.3 is 128 Å². The third-order valence-electron chi connectivity index (χ3n) is 10.2. The number of carbonyl (C=O) groups excluding carboxylic acids is 1. The number of ether oxygens (including phenoxy) is 23. The molecule has 0 spiro atoms. The minimum atomic E-state index is -2.64. The van der Waals surface area contributed by atoms with Gasteiger partial charge in [-0.1, -0.05) is 0 Å². The maximum absolute atomic E-state index is 11.8. The van der Waals surface area contributed by atoms with Gasteiger partial charge in [-0.2, -0.15) is 0 Å². The largest absolute Gasteiger partial charge is 0.500 e. The lowest BCUT2D eigenvalue weighted by Gasteiger charge is -2.24. The van der Waals surface area contributed by atoms with Crippen molar-refractivity contribution in [2.75, 3.05) is 326 Å². The summed E-state index contributed by atoms with van der Waals surface area (Å²) in [6.45, 7) is 21.3. The van der Waals surface area contributed by atoms with E-state index in [0.29, 0.717) is 296 Å². The number of methoxy groups -OCH3 is 1. The molecular weight excluding hydrogens is 1100 g/mol. The summed E-state index contributed by atoms with van der Waals surface area (Å²) < 4.78 is 141. The molecule has 1 amide bonds. The Morgan fingerprint density at radius 3 is 0.568 bits per heavy atom. The van der Waals surface area contributed by atoms with E-state index >= 15 is 0 Å². The van der Waals surface area contributed by atoms with Crippen LogP contribution in [0.2, 0.25) is 6.04 Å². The van der Waals surface area contributed by atoms with Gasteiger partial charge in [0.2, 0.25) is 0 Å². The number of alkyl carbamates (subject to hydrolysis) is 1. The van der Waals surface area contributed by atoms with E-state index in [2.05, 4.69) is 5.32 Å². The molecule has 0 bridgehead atoms. The zero-order valence-electron chi connectivity index (χ0n) is 49.8. The third-order valence-corrected chi connectivity index (χ3v) is 13.0. The molecule has 0 aromatic heterocycles. The van der Waals surface area contributed by atoms with E-state index in [4.69, 9.17) is 122 Å². The lowest BCUT2D eigenvalue weighted by Crippen LogP contribution is -2.43. The molecule has 0 saturated carbocycles. The highest BCUT2D eigenvalue weighted by atomic mass is 28.4. The van der Waals surface area contributed by atoms with Crippen LogP contribution in [0, 0.1) is 0 Å². The number of amides is 1. The van der Waals surface area contributed by atoms with Crippen LogP contribution < -0.4 is 5.32 Å². The fourth-order valence-electron chi connectivity index (χ4n) is 5.94. The summed E-state index contributed by atoms with van der Waals surface area (Å²) in [4.78, 5) is 11.8. The Bertz CT molecular complexity index is 1180. The lowest BCUT2D eigenvalue weighted by molar-refractivity contribution is -0.0317. The molecule has 0 atom stereocenters. The number of carbonyl (C=O) groups is 1. The van der Waals surface area contributed by atoms with Gasteiger partial charge in [0.15, 0.2) is 0 Å². The van der Waals surface area contributed by atoms with Gasteiger partial charge in [0.25, 0.3) is 0 Å². The molecule has 0 aliphatic carbocycles. The zero-order chi connectivity index (χ0) is 58.4. The van der Waals surface area contributed by atoms with Crippen molar-refractivity contribution in [2.24, 2.45) is 0 Å². The van der Waals surface area contributed by atoms with E-state index in [1.165, 1.54) is 0 Å². The van der Waals surface area contributed by atoms with Gasteiger partial charge in [-0.25, -0.2) is 4.79 Å². The third kappa shape index (κ3) is 65.9. The van der Waals surface area contributed by atoms with Crippen molar-refractivity contribution in [3.05, 3.63) is 0 Å². The Balaban J connectivity index is 3.13. The van der Waals surface area contributed by atoms with Crippen LogP contribution in [0.5, 0.6) is 0 Å². The van der Waals surface area contributed by atoms with E-state index in [9.17, 15) is 4.79 Å². The second kappa shape index (κ2) is 71.0. The summed E-state index contributed by atoms with van der Waals surface area (Å²) in [6.07, 6.45) is 0.135. The van der Waals surface area contributed by atoms with Crippen LogP contribution in [0.1, 0.15) is 6.42 Å². The number of nitrogens with one attached hydrogen (secondary N) is 1. The lowest BCUT2D eigenvalue weighted by atomic mass is 10.5. The molecule has 1 N–H and O–H groups in total. The highest BCUT2D eigenvalue weighted by Gasteiger charge is 2.36.